The third-order valence-corrected chi connectivity index (χ3v) is 2.78. The molecule has 1 unspecified atom stereocenters. The van der Waals surface area contributed by atoms with Crippen LogP contribution in [-0.2, 0) is 4.74 Å². The molecule has 1 N–H and O–H groups in total. The summed E-state index contributed by atoms with van der Waals surface area (Å²) in [5.74, 6) is 0.415. The fourth-order valence-electron chi connectivity index (χ4n) is 1.86. The summed E-state index contributed by atoms with van der Waals surface area (Å²) in [6.45, 7) is 8.50. The van der Waals surface area contributed by atoms with Gasteiger partial charge in [-0.1, -0.05) is 39.0 Å². The Labute approximate surface area is 110 Å². The Morgan fingerprint density at radius 3 is 2.61 bits per heavy atom. The van der Waals surface area contributed by atoms with Crippen molar-refractivity contribution in [1.29, 1.82) is 0 Å². The van der Waals surface area contributed by atoms with E-state index in [1.54, 1.807) is 6.07 Å². The average molecular weight is 253 g/mol. The van der Waals surface area contributed by atoms with Crippen molar-refractivity contribution in [2.45, 2.75) is 33.2 Å². The van der Waals surface area contributed by atoms with Gasteiger partial charge in [-0.05, 0) is 18.4 Å². The van der Waals surface area contributed by atoms with Gasteiger partial charge in [-0.2, -0.15) is 0 Å². The van der Waals surface area contributed by atoms with E-state index >= 15 is 0 Å². The third kappa shape index (κ3) is 5.15. The van der Waals surface area contributed by atoms with Crippen LogP contribution in [0.15, 0.2) is 24.3 Å². The van der Waals surface area contributed by atoms with Crippen molar-refractivity contribution in [2.75, 3.05) is 19.8 Å². The first-order valence-electron chi connectivity index (χ1n) is 6.70. The number of hydrogen-bond acceptors (Lipinski definition) is 2. The van der Waals surface area contributed by atoms with E-state index in [0.717, 1.165) is 25.1 Å². The predicted molar refractivity (Wildman–Crippen MR) is 73.1 cm³/mol. The second-order valence-electron chi connectivity index (χ2n) is 4.91. The first-order chi connectivity index (χ1) is 8.65. The Bertz CT molecular complexity index is 341. The van der Waals surface area contributed by atoms with Gasteiger partial charge < -0.3 is 10.1 Å². The Kier molecular flexibility index (Phi) is 6.91. The highest BCUT2D eigenvalue weighted by Crippen LogP contribution is 2.19. The average Bonchev–Trinajstić information content (AvgIpc) is 2.35. The fraction of sp³-hybridized carbons (Fsp3) is 0.600. The van der Waals surface area contributed by atoms with Gasteiger partial charge in [-0.3, -0.25) is 0 Å². The van der Waals surface area contributed by atoms with Crippen LogP contribution in [-0.4, -0.2) is 19.8 Å². The normalized spacial score (nSPS) is 12.9. The highest BCUT2D eigenvalue weighted by molar-refractivity contribution is 5.20. The molecule has 3 heteroatoms. The Balaban J connectivity index is 2.36. The van der Waals surface area contributed by atoms with Gasteiger partial charge in [0, 0.05) is 24.8 Å². The minimum atomic E-state index is -0.139. The second-order valence-corrected chi connectivity index (χ2v) is 4.91. The van der Waals surface area contributed by atoms with Crippen LogP contribution in [0.25, 0.3) is 0 Å². The maximum atomic E-state index is 13.6. The van der Waals surface area contributed by atoms with Gasteiger partial charge in [0.25, 0.3) is 0 Å². The lowest BCUT2D eigenvalue weighted by atomic mass is 10.0. The van der Waals surface area contributed by atoms with Gasteiger partial charge in [0.05, 0.1) is 6.61 Å². The largest absolute Gasteiger partial charge is 0.380 e. The summed E-state index contributed by atoms with van der Waals surface area (Å²) in [7, 11) is 0. The molecule has 18 heavy (non-hydrogen) atoms. The van der Waals surface area contributed by atoms with Gasteiger partial charge in [0.1, 0.15) is 5.82 Å². The van der Waals surface area contributed by atoms with Gasteiger partial charge in [-0.25, -0.2) is 4.39 Å². The Morgan fingerprint density at radius 1 is 1.28 bits per heavy atom. The highest BCUT2D eigenvalue weighted by atomic mass is 19.1. The number of rotatable bonds is 8. The van der Waals surface area contributed by atoms with E-state index in [0.29, 0.717) is 12.5 Å². The molecule has 0 saturated heterocycles. The van der Waals surface area contributed by atoms with Gasteiger partial charge in [0.2, 0.25) is 0 Å². The zero-order chi connectivity index (χ0) is 13.4. The van der Waals surface area contributed by atoms with E-state index in [1.165, 1.54) is 6.07 Å². The summed E-state index contributed by atoms with van der Waals surface area (Å²) < 4.78 is 19.1. The Morgan fingerprint density at radius 2 is 2.00 bits per heavy atom. The molecule has 102 valence electrons. The molecule has 1 aromatic rings. The van der Waals surface area contributed by atoms with Gasteiger partial charge in [0.15, 0.2) is 0 Å². The number of benzene rings is 1. The van der Waals surface area contributed by atoms with Crippen molar-refractivity contribution in [2.24, 2.45) is 5.92 Å². The highest BCUT2D eigenvalue weighted by Gasteiger charge is 2.12. The molecule has 0 spiro atoms. The van der Waals surface area contributed by atoms with Gasteiger partial charge >= 0.3 is 0 Å². The van der Waals surface area contributed by atoms with Crippen LogP contribution in [0, 0.1) is 11.7 Å². The van der Waals surface area contributed by atoms with Crippen molar-refractivity contribution in [1.82, 2.24) is 5.32 Å². The zero-order valence-electron chi connectivity index (χ0n) is 11.6. The monoisotopic (exact) mass is 253 g/mol. The molecule has 0 radical (unpaired) electrons. The van der Waals surface area contributed by atoms with Crippen molar-refractivity contribution in [3.63, 3.8) is 0 Å². The SMILES string of the molecule is CCC(NCCOCC(C)C)c1ccccc1F. The first-order valence-corrected chi connectivity index (χ1v) is 6.70. The number of halogens is 1. The molecule has 2 nitrogen and oxygen atoms in total. The standard InChI is InChI=1S/C15H24FNO/c1-4-15(13-7-5-6-8-14(13)16)17-9-10-18-11-12(2)3/h5-8,12,15,17H,4,9-11H2,1-3H3. The minimum Gasteiger partial charge on any atom is -0.380 e. The van der Waals surface area contributed by atoms with E-state index in [4.69, 9.17) is 4.74 Å². The van der Waals surface area contributed by atoms with E-state index < -0.39 is 0 Å². The van der Waals surface area contributed by atoms with Crippen LogP contribution < -0.4 is 5.32 Å². The first kappa shape index (κ1) is 15.1. The van der Waals surface area contributed by atoms with Crippen LogP contribution >= 0.6 is 0 Å². The molecule has 0 aromatic heterocycles. The van der Waals surface area contributed by atoms with Crippen molar-refractivity contribution in [3.8, 4) is 0 Å². The number of nitrogens with one attached hydrogen (secondary N) is 1. The van der Waals surface area contributed by atoms with E-state index in [2.05, 4.69) is 26.1 Å². The molecule has 0 fully saturated rings. The summed E-state index contributed by atoms with van der Waals surface area (Å²) in [5, 5.41) is 3.34. The molecule has 0 aliphatic rings. The third-order valence-electron chi connectivity index (χ3n) is 2.78. The lowest BCUT2D eigenvalue weighted by molar-refractivity contribution is 0.110. The molecule has 0 heterocycles. The molecule has 1 atom stereocenters. The summed E-state index contributed by atoms with van der Waals surface area (Å²) in [4.78, 5) is 0. The molecule has 0 bridgehead atoms. The minimum absolute atomic E-state index is 0.0637. The summed E-state index contributed by atoms with van der Waals surface area (Å²) >= 11 is 0. The molecule has 0 aliphatic carbocycles. The molecule has 1 rings (SSSR count). The summed E-state index contributed by atoms with van der Waals surface area (Å²) in [6.07, 6.45) is 0.866. The van der Waals surface area contributed by atoms with E-state index in [1.807, 2.05) is 12.1 Å². The molecular weight excluding hydrogens is 229 g/mol. The summed E-state index contributed by atoms with van der Waals surface area (Å²) in [5.41, 5.74) is 0.740. The predicted octanol–water partition coefficient (Wildman–Crippen LogP) is 3.54. The van der Waals surface area contributed by atoms with Crippen molar-refractivity contribution >= 4 is 0 Å². The topological polar surface area (TPSA) is 21.3 Å². The summed E-state index contributed by atoms with van der Waals surface area (Å²) in [6, 6.07) is 7.00. The van der Waals surface area contributed by atoms with Crippen LogP contribution in [0.1, 0.15) is 38.8 Å². The quantitative estimate of drug-likeness (QED) is 0.715. The maximum Gasteiger partial charge on any atom is 0.127 e. The molecular formula is C15H24FNO. The number of hydrogen-bond donors (Lipinski definition) is 1. The van der Waals surface area contributed by atoms with Crippen molar-refractivity contribution < 1.29 is 9.13 Å². The van der Waals surface area contributed by atoms with Crippen LogP contribution in [0.4, 0.5) is 4.39 Å². The number of ether oxygens (including phenoxy) is 1. The Hall–Kier alpha value is -0.930. The fourth-order valence-corrected chi connectivity index (χ4v) is 1.86. The van der Waals surface area contributed by atoms with E-state index in [9.17, 15) is 4.39 Å². The lowest BCUT2D eigenvalue weighted by Gasteiger charge is -2.18. The molecule has 1 aromatic carbocycles. The van der Waals surface area contributed by atoms with Crippen molar-refractivity contribution in [3.05, 3.63) is 35.6 Å². The van der Waals surface area contributed by atoms with Gasteiger partial charge in [-0.15, -0.1) is 0 Å². The molecule has 0 aliphatic heterocycles. The second kappa shape index (κ2) is 8.22. The van der Waals surface area contributed by atoms with E-state index in [-0.39, 0.29) is 11.9 Å². The van der Waals surface area contributed by atoms with Crippen LogP contribution in [0.5, 0.6) is 0 Å². The maximum absolute atomic E-state index is 13.6. The lowest BCUT2D eigenvalue weighted by Crippen LogP contribution is -2.26. The molecule has 0 saturated carbocycles. The zero-order valence-corrected chi connectivity index (χ0v) is 11.6. The van der Waals surface area contributed by atoms with Crippen LogP contribution in [0.2, 0.25) is 0 Å². The van der Waals surface area contributed by atoms with Crippen LogP contribution in [0.3, 0.4) is 0 Å². The smallest absolute Gasteiger partial charge is 0.127 e. The molecule has 0 amide bonds.